The molecule has 0 saturated carbocycles. The van der Waals surface area contributed by atoms with E-state index in [1.54, 1.807) is 30.3 Å². The maximum absolute atomic E-state index is 12.5. The van der Waals surface area contributed by atoms with Crippen molar-refractivity contribution in [3.8, 4) is 0 Å². The van der Waals surface area contributed by atoms with Crippen LogP contribution in [0.25, 0.3) is 0 Å². The lowest BCUT2D eigenvalue weighted by atomic mass is 10.2. The summed E-state index contributed by atoms with van der Waals surface area (Å²) in [6.45, 7) is 6.38. The van der Waals surface area contributed by atoms with Gasteiger partial charge in [-0.05, 0) is 5.56 Å². The van der Waals surface area contributed by atoms with Crippen molar-refractivity contribution in [2.24, 2.45) is 0 Å². The Balaban J connectivity index is 2.86. The molecule has 1 amide bonds. The summed E-state index contributed by atoms with van der Waals surface area (Å²) in [7, 11) is 0. The van der Waals surface area contributed by atoms with E-state index in [4.69, 9.17) is 0 Å². The molecular formula is C14H14F3NO. The lowest BCUT2D eigenvalue weighted by Gasteiger charge is -2.23. The van der Waals surface area contributed by atoms with Gasteiger partial charge < -0.3 is 4.90 Å². The first-order valence-electron chi connectivity index (χ1n) is 5.56. The van der Waals surface area contributed by atoms with E-state index in [2.05, 4.69) is 13.2 Å². The van der Waals surface area contributed by atoms with Crippen molar-refractivity contribution in [3.63, 3.8) is 0 Å². The predicted octanol–water partition coefficient (Wildman–Crippen LogP) is 3.32. The number of alkyl halides is 3. The van der Waals surface area contributed by atoms with E-state index in [1.807, 2.05) is 0 Å². The second-order valence-electron chi connectivity index (χ2n) is 3.94. The Labute approximate surface area is 109 Å². The number of hydrogen-bond acceptors (Lipinski definition) is 1. The van der Waals surface area contributed by atoms with Crippen LogP contribution in [0.5, 0.6) is 0 Å². The Morgan fingerprint density at radius 3 is 2.32 bits per heavy atom. The Morgan fingerprint density at radius 1 is 1.26 bits per heavy atom. The minimum atomic E-state index is -4.72. The molecule has 0 bridgehead atoms. The quantitative estimate of drug-likeness (QED) is 0.593. The Hall–Kier alpha value is -2.04. The van der Waals surface area contributed by atoms with Crippen LogP contribution in [-0.2, 0) is 11.3 Å². The highest BCUT2D eigenvalue weighted by Crippen LogP contribution is 2.26. The van der Waals surface area contributed by atoms with Crippen LogP contribution in [0.4, 0.5) is 13.2 Å². The van der Waals surface area contributed by atoms with Crippen molar-refractivity contribution >= 4 is 5.91 Å². The normalized spacial score (nSPS) is 10.9. The number of benzene rings is 1. The van der Waals surface area contributed by atoms with E-state index in [0.717, 1.165) is 10.5 Å². The molecule has 0 aliphatic heterocycles. The van der Waals surface area contributed by atoms with Gasteiger partial charge in [0, 0.05) is 13.1 Å². The number of nitrogens with zero attached hydrogens (tertiary/aromatic N) is 1. The first kappa shape index (κ1) is 15.0. The summed E-state index contributed by atoms with van der Waals surface area (Å²) in [6.07, 6.45) is -3.34. The lowest BCUT2D eigenvalue weighted by molar-refractivity contribution is -0.139. The van der Waals surface area contributed by atoms with Crippen LogP contribution in [0.15, 0.2) is 55.1 Å². The van der Waals surface area contributed by atoms with Crippen molar-refractivity contribution in [3.05, 3.63) is 60.7 Å². The van der Waals surface area contributed by atoms with Crippen LogP contribution in [0.2, 0.25) is 0 Å². The average Bonchev–Trinajstić information content (AvgIpc) is 2.36. The molecule has 0 atom stereocenters. The topological polar surface area (TPSA) is 20.3 Å². The van der Waals surface area contributed by atoms with Gasteiger partial charge >= 0.3 is 6.18 Å². The summed E-state index contributed by atoms with van der Waals surface area (Å²) in [5.74, 6) is -1.13. The molecule has 1 aromatic rings. The van der Waals surface area contributed by atoms with Crippen molar-refractivity contribution < 1.29 is 18.0 Å². The van der Waals surface area contributed by atoms with Gasteiger partial charge in [-0.2, -0.15) is 13.2 Å². The number of halogens is 3. The van der Waals surface area contributed by atoms with E-state index < -0.39 is 17.7 Å². The van der Waals surface area contributed by atoms with Crippen LogP contribution in [0.1, 0.15) is 5.56 Å². The Morgan fingerprint density at radius 2 is 1.84 bits per heavy atom. The fraction of sp³-hybridized carbons (Fsp3) is 0.214. The van der Waals surface area contributed by atoms with Crippen molar-refractivity contribution in [2.45, 2.75) is 12.7 Å². The first-order chi connectivity index (χ1) is 8.86. The first-order valence-corrected chi connectivity index (χ1v) is 5.56. The van der Waals surface area contributed by atoms with Crippen LogP contribution in [0, 0.1) is 0 Å². The molecule has 0 aliphatic carbocycles. The maximum atomic E-state index is 12.5. The van der Waals surface area contributed by atoms with Crippen molar-refractivity contribution in [2.75, 3.05) is 6.54 Å². The molecule has 0 N–H and O–H groups in total. The SMILES string of the molecule is C=CCN(Cc1ccccc1)C(=O)C(=C)C(F)(F)F. The van der Waals surface area contributed by atoms with Crippen molar-refractivity contribution in [1.29, 1.82) is 0 Å². The molecule has 0 spiro atoms. The predicted molar refractivity (Wildman–Crippen MR) is 67.3 cm³/mol. The van der Waals surface area contributed by atoms with E-state index >= 15 is 0 Å². The molecule has 1 rings (SSSR count). The summed E-state index contributed by atoms with van der Waals surface area (Å²) in [6, 6.07) is 8.77. The van der Waals surface area contributed by atoms with E-state index in [1.165, 1.54) is 6.08 Å². The molecule has 0 heterocycles. The molecule has 0 saturated heterocycles. The monoisotopic (exact) mass is 269 g/mol. The summed E-state index contributed by atoms with van der Waals surface area (Å²) < 4.78 is 37.4. The zero-order valence-electron chi connectivity index (χ0n) is 10.3. The highest BCUT2D eigenvalue weighted by Gasteiger charge is 2.38. The molecule has 0 aliphatic rings. The van der Waals surface area contributed by atoms with Crippen LogP contribution in [-0.4, -0.2) is 23.5 Å². The summed E-state index contributed by atoms with van der Waals surface area (Å²) in [5.41, 5.74) is -0.627. The Bertz CT molecular complexity index is 465. The summed E-state index contributed by atoms with van der Waals surface area (Å²) in [4.78, 5) is 12.8. The lowest BCUT2D eigenvalue weighted by Crippen LogP contribution is -2.35. The number of carbonyl (C=O) groups is 1. The largest absolute Gasteiger partial charge is 0.421 e. The van der Waals surface area contributed by atoms with Crippen LogP contribution in [0.3, 0.4) is 0 Å². The second kappa shape index (κ2) is 6.22. The molecule has 19 heavy (non-hydrogen) atoms. The molecular weight excluding hydrogens is 255 g/mol. The number of hydrogen-bond donors (Lipinski definition) is 0. The van der Waals surface area contributed by atoms with Crippen molar-refractivity contribution in [1.82, 2.24) is 4.90 Å². The van der Waals surface area contributed by atoms with Gasteiger partial charge in [-0.25, -0.2) is 0 Å². The summed E-state index contributed by atoms with van der Waals surface area (Å²) in [5, 5.41) is 0. The third-order valence-electron chi connectivity index (χ3n) is 2.45. The molecule has 2 nitrogen and oxygen atoms in total. The third kappa shape index (κ3) is 4.28. The smallest absolute Gasteiger partial charge is 0.331 e. The van der Waals surface area contributed by atoms with E-state index in [0.29, 0.717) is 0 Å². The highest BCUT2D eigenvalue weighted by atomic mass is 19.4. The molecule has 5 heteroatoms. The Kier molecular flexibility index (Phi) is 4.92. The number of rotatable bonds is 5. The van der Waals surface area contributed by atoms with Gasteiger partial charge in [-0.1, -0.05) is 43.0 Å². The van der Waals surface area contributed by atoms with Crippen LogP contribution >= 0.6 is 0 Å². The summed E-state index contributed by atoms with van der Waals surface area (Å²) >= 11 is 0. The zero-order chi connectivity index (χ0) is 14.5. The standard InChI is InChI=1S/C14H14F3NO/c1-3-9-18(10-12-7-5-4-6-8-12)13(19)11(2)14(15,16)17/h3-8H,1-2,9-10H2. The van der Waals surface area contributed by atoms with E-state index in [-0.39, 0.29) is 13.1 Å². The van der Waals surface area contributed by atoms with Gasteiger partial charge in [0.05, 0.1) is 0 Å². The van der Waals surface area contributed by atoms with Gasteiger partial charge in [0.2, 0.25) is 0 Å². The molecule has 1 aromatic carbocycles. The zero-order valence-corrected chi connectivity index (χ0v) is 10.3. The van der Waals surface area contributed by atoms with Gasteiger partial charge in [0.15, 0.2) is 0 Å². The van der Waals surface area contributed by atoms with Crippen LogP contribution < -0.4 is 0 Å². The highest BCUT2D eigenvalue weighted by molar-refractivity contribution is 5.94. The molecule has 0 radical (unpaired) electrons. The second-order valence-corrected chi connectivity index (χ2v) is 3.94. The maximum Gasteiger partial charge on any atom is 0.421 e. The van der Waals surface area contributed by atoms with Gasteiger partial charge in [0.1, 0.15) is 5.57 Å². The number of carbonyl (C=O) groups excluding carboxylic acids is 1. The average molecular weight is 269 g/mol. The fourth-order valence-corrected chi connectivity index (χ4v) is 1.49. The molecule has 0 aromatic heterocycles. The van der Waals surface area contributed by atoms with Gasteiger partial charge in [-0.3, -0.25) is 4.79 Å². The molecule has 0 fully saturated rings. The molecule has 0 unspecified atom stereocenters. The third-order valence-corrected chi connectivity index (χ3v) is 2.45. The number of amides is 1. The fourth-order valence-electron chi connectivity index (χ4n) is 1.49. The molecule has 102 valence electrons. The van der Waals surface area contributed by atoms with E-state index in [9.17, 15) is 18.0 Å². The van der Waals surface area contributed by atoms with Gasteiger partial charge in [-0.15, -0.1) is 6.58 Å². The minimum absolute atomic E-state index is 0.0306. The van der Waals surface area contributed by atoms with Gasteiger partial charge in [0.25, 0.3) is 5.91 Å². The minimum Gasteiger partial charge on any atom is -0.331 e.